The van der Waals surface area contributed by atoms with E-state index in [1.165, 1.54) is 0 Å². The van der Waals surface area contributed by atoms with Gasteiger partial charge in [0.1, 0.15) is 12.1 Å². The molecular weight excluding hydrogens is 254 g/mol. The average Bonchev–Trinajstić information content (AvgIpc) is 2.50. The summed E-state index contributed by atoms with van der Waals surface area (Å²) in [6.45, 7) is 2.32. The molecule has 6 nitrogen and oxygen atoms in total. The molecule has 16 heavy (non-hydrogen) atoms. The zero-order valence-electron chi connectivity index (χ0n) is 9.16. The number of thiol groups is 1. The fraction of sp³-hybridized carbons (Fsp3) is 1.00. The molecule has 0 saturated carbocycles. The minimum atomic E-state index is -3.52. The van der Waals surface area contributed by atoms with Crippen molar-refractivity contribution in [3.05, 3.63) is 0 Å². The summed E-state index contributed by atoms with van der Waals surface area (Å²) in [7, 11) is -6.06. The molecule has 0 spiro atoms. The van der Waals surface area contributed by atoms with Crippen molar-refractivity contribution in [3.63, 3.8) is 0 Å². The van der Waals surface area contributed by atoms with E-state index in [2.05, 4.69) is 0 Å². The van der Waals surface area contributed by atoms with E-state index in [9.17, 15) is 16.8 Å². The zero-order valence-corrected chi connectivity index (χ0v) is 10.9. The van der Waals surface area contributed by atoms with Crippen LogP contribution in [-0.4, -0.2) is 46.1 Å². The van der Waals surface area contributed by atoms with Crippen molar-refractivity contribution >= 4 is 20.8 Å². The van der Waals surface area contributed by atoms with Crippen LogP contribution in [0.15, 0.2) is 0 Å². The van der Waals surface area contributed by atoms with Gasteiger partial charge in [-0.25, -0.2) is 8.42 Å². The summed E-state index contributed by atoms with van der Waals surface area (Å²) in [5, 5.41) is 0. The van der Waals surface area contributed by atoms with Gasteiger partial charge >= 0.3 is 0 Å². The zero-order chi connectivity index (χ0) is 12.2. The molecule has 1 aliphatic rings. The SMILES string of the molecule is CCCS(=O)(=O)O[C@@H]1CCCN1C[SH](=O)=O. The van der Waals surface area contributed by atoms with Crippen LogP contribution in [-0.2, 0) is 25.0 Å². The fourth-order valence-electron chi connectivity index (χ4n) is 1.68. The second-order valence-corrected chi connectivity index (χ2v) is 6.41. The summed E-state index contributed by atoms with van der Waals surface area (Å²) in [6, 6.07) is 0. The van der Waals surface area contributed by atoms with Crippen LogP contribution in [0.5, 0.6) is 0 Å². The van der Waals surface area contributed by atoms with Gasteiger partial charge in [-0.15, -0.1) is 0 Å². The van der Waals surface area contributed by atoms with Crippen LogP contribution in [0.2, 0.25) is 0 Å². The lowest BCUT2D eigenvalue weighted by atomic mass is 10.4. The Bertz CT molecular complexity index is 381. The molecule has 1 rings (SSSR count). The normalized spacial score (nSPS) is 23.0. The maximum atomic E-state index is 11.4. The van der Waals surface area contributed by atoms with E-state index in [0.717, 1.165) is 6.42 Å². The number of hydrogen-bond donors (Lipinski definition) is 1. The van der Waals surface area contributed by atoms with E-state index in [-0.39, 0.29) is 11.6 Å². The molecule has 0 radical (unpaired) electrons. The van der Waals surface area contributed by atoms with Gasteiger partial charge in [0, 0.05) is 6.54 Å². The molecule has 1 heterocycles. The third-order valence-electron chi connectivity index (χ3n) is 2.31. The Morgan fingerprint density at radius 3 is 2.69 bits per heavy atom. The standard InChI is InChI=1S/C8H17NO5S2/c1-2-6-16(12,13)14-8-4-3-5-9(8)7-15(10)11/h8,15H,2-7H2,1H3/t8-/m1/s1. The molecule has 1 aliphatic heterocycles. The van der Waals surface area contributed by atoms with Crippen molar-refractivity contribution in [1.82, 2.24) is 4.90 Å². The lowest BCUT2D eigenvalue weighted by Gasteiger charge is -2.21. The molecule has 1 saturated heterocycles. The third-order valence-corrected chi connectivity index (χ3v) is 4.33. The van der Waals surface area contributed by atoms with Crippen LogP contribution < -0.4 is 0 Å². The van der Waals surface area contributed by atoms with Crippen LogP contribution >= 0.6 is 0 Å². The Labute approximate surface area is 97.7 Å². The number of nitrogens with zero attached hydrogens (tertiary/aromatic N) is 1. The smallest absolute Gasteiger partial charge is 0.263 e. The van der Waals surface area contributed by atoms with Gasteiger partial charge < -0.3 is 0 Å². The van der Waals surface area contributed by atoms with E-state index in [4.69, 9.17) is 4.18 Å². The van der Waals surface area contributed by atoms with Gasteiger partial charge in [0.15, 0.2) is 10.7 Å². The molecule has 8 heteroatoms. The number of hydrogen-bond acceptors (Lipinski definition) is 6. The highest BCUT2D eigenvalue weighted by atomic mass is 32.2. The summed E-state index contributed by atoms with van der Waals surface area (Å²) in [6.07, 6.45) is 1.20. The Morgan fingerprint density at radius 2 is 2.12 bits per heavy atom. The van der Waals surface area contributed by atoms with Gasteiger partial charge in [-0.2, -0.15) is 8.42 Å². The fourth-order valence-corrected chi connectivity index (χ4v) is 3.45. The average molecular weight is 271 g/mol. The van der Waals surface area contributed by atoms with E-state index < -0.39 is 27.1 Å². The second-order valence-electron chi connectivity index (χ2n) is 3.74. The van der Waals surface area contributed by atoms with E-state index >= 15 is 0 Å². The topological polar surface area (TPSA) is 80.8 Å². The Morgan fingerprint density at radius 1 is 1.44 bits per heavy atom. The quantitative estimate of drug-likeness (QED) is 0.529. The molecular formula is C8H17NO5S2. The van der Waals surface area contributed by atoms with Gasteiger partial charge in [0.2, 0.25) is 0 Å². The summed E-state index contributed by atoms with van der Waals surface area (Å²) in [4.78, 5) is 1.54. The van der Waals surface area contributed by atoms with Gasteiger partial charge in [-0.1, -0.05) is 6.92 Å². The summed E-state index contributed by atoms with van der Waals surface area (Å²) < 4.78 is 49.0. The van der Waals surface area contributed by atoms with Crippen LogP contribution in [0.4, 0.5) is 0 Å². The van der Waals surface area contributed by atoms with Gasteiger partial charge in [0.05, 0.1) is 5.75 Å². The first-order valence-corrected chi connectivity index (χ1v) is 8.15. The van der Waals surface area contributed by atoms with Crippen molar-refractivity contribution in [2.45, 2.75) is 32.4 Å². The Hall–Kier alpha value is -0.180. The minimum Gasteiger partial charge on any atom is -0.263 e. The van der Waals surface area contributed by atoms with Crippen LogP contribution in [0, 0.1) is 0 Å². The minimum absolute atomic E-state index is 0.0269. The van der Waals surface area contributed by atoms with Crippen molar-refractivity contribution in [2.24, 2.45) is 0 Å². The van der Waals surface area contributed by atoms with E-state index in [0.29, 0.717) is 19.4 Å². The van der Waals surface area contributed by atoms with Gasteiger partial charge in [-0.3, -0.25) is 9.08 Å². The molecule has 1 fully saturated rings. The molecule has 0 aromatic carbocycles. The summed E-state index contributed by atoms with van der Waals surface area (Å²) >= 11 is 0. The first kappa shape index (κ1) is 13.9. The van der Waals surface area contributed by atoms with Crippen LogP contribution in [0.3, 0.4) is 0 Å². The molecule has 1 atom stereocenters. The van der Waals surface area contributed by atoms with Gasteiger partial charge in [0.25, 0.3) is 10.1 Å². The van der Waals surface area contributed by atoms with Crippen molar-refractivity contribution in [3.8, 4) is 0 Å². The van der Waals surface area contributed by atoms with E-state index in [1.54, 1.807) is 11.8 Å². The van der Waals surface area contributed by atoms with Crippen LogP contribution in [0.1, 0.15) is 26.2 Å². The largest absolute Gasteiger partial charge is 0.268 e. The highest BCUT2D eigenvalue weighted by Crippen LogP contribution is 2.20. The Kier molecular flexibility index (Phi) is 5.16. The van der Waals surface area contributed by atoms with Crippen LogP contribution in [0.25, 0.3) is 0 Å². The molecule has 0 aromatic rings. The predicted octanol–water partition coefficient (Wildman–Crippen LogP) is -0.266. The molecule has 96 valence electrons. The lowest BCUT2D eigenvalue weighted by Crippen LogP contribution is -2.35. The molecule has 0 bridgehead atoms. The highest BCUT2D eigenvalue weighted by Gasteiger charge is 2.29. The number of likely N-dealkylation sites (tertiary alicyclic amines) is 1. The molecule has 0 unspecified atom stereocenters. The molecule has 0 N–H and O–H groups in total. The Balaban J connectivity index is 2.59. The first-order chi connectivity index (χ1) is 7.44. The maximum Gasteiger partial charge on any atom is 0.268 e. The second kappa shape index (κ2) is 5.95. The maximum absolute atomic E-state index is 11.4. The van der Waals surface area contributed by atoms with Crippen molar-refractivity contribution < 1.29 is 21.0 Å². The van der Waals surface area contributed by atoms with Crippen molar-refractivity contribution in [2.75, 3.05) is 18.2 Å². The molecule has 0 aromatic heterocycles. The van der Waals surface area contributed by atoms with Gasteiger partial charge in [-0.05, 0) is 19.3 Å². The summed E-state index contributed by atoms with van der Waals surface area (Å²) in [5.74, 6) is -0.164. The van der Waals surface area contributed by atoms with E-state index in [1.807, 2.05) is 0 Å². The molecule has 0 amide bonds. The highest BCUT2D eigenvalue weighted by molar-refractivity contribution is 7.86. The monoisotopic (exact) mass is 271 g/mol. The number of rotatable bonds is 6. The third kappa shape index (κ3) is 4.36. The molecule has 0 aliphatic carbocycles. The predicted molar refractivity (Wildman–Crippen MR) is 60.1 cm³/mol. The summed E-state index contributed by atoms with van der Waals surface area (Å²) in [5.41, 5.74) is 0. The van der Waals surface area contributed by atoms with Crippen molar-refractivity contribution in [1.29, 1.82) is 0 Å². The first-order valence-electron chi connectivity index (χ1n) is 5.21. The lowest BCUT2D eigenvalue weighted by molar-refractivity contribution is 0.0817.